The van der Waals surface area contributed by atoms with Crippen molar-refractivity contribution in [3.05, 3.63) is 15.8 Å². The quantitative estimate of drug-likeness (QED) is 0.776. The van der Waals surface area contributed by atoms with Gasteiger partial charge in [0.1, 0.15) is 0 Å². The summed E-state index contributed by atoms with van der Waals surface area (Å²) in [6.07, 6.45) is 0.969. The Kier molecular flexibility index (Phi) is 6.46. The molecular formula is C13H24N2O2S2. The Bertz CT molecular complexity index is 495. The number of sulfonamides is 1. The molecule has 0 fully saturated rings. The summed E-state index contributed by atoms with van der Waals surface area (Å²) in [6.45, 7) is 10.1. The molecule has 1 unspecified atom stereocenters. The molecule has 0 amide bonds. The molecule has 0 saturated carbocycles. The molecule has 0 bridgehead atoms. The van der Waals surface area contributed by atoms with E-state index in [4.69, 9.17) is 0 Å². The van der Waals surface area contributed by atoms with E-state index in [1.165, 1.54) is 11.3 Å². The SMILES string of the molecule is CCNCc1cc(S(=O)(=O)NCC(C)CC)c(C)s1. The lowest BCUT2D eigenvalue weighted by atomic mass is 10.1. The summed E-state index contributed by atoms with van der Waals surface area (Å²) in [5.41, 5.74) is 0. The first-order valence-electron chi connectivity index (χ1n) is 6.70. The maximum absolute atomic E-state index is 12.2. The van der Waals surface area contributed by atoms with E-state index in [1.54, 1.807) is 6.07 Å². The van der Waals surface area contributed by atoms with E-state index in [9.17, 15) is 8.42 Å². The van der Waals surface area contributed by atoms with Crippen LogP contribution in [-0.4, -0.2) is 21.5 Å². The highest BCUT2D eigenvalue weighted by Gasteiger charge is 2.20. The first-order chi connectivity index (χ1) is 8.90. The van der Waals surface area contributed by atoms with Crippen LogP contribution in [0.5, 0.6) is 0 Å². The van der Waals surface area contributed by atoms with Gasteiger partial charge < -0.3 is 5.32 Å². The number of thiophene rings is 1. The normalized spacial score (nSPS) is 13.7. The molecule has 0 aromatic carbocycles. The molecule has 0 aliphatic heterocycles. The monoisotopic (exact) mass is 304 g/mol. The summed E-state index contributed by atoms with van der Waals surface area (Å²) < 4.78 is 27.2. The fourth-order valence-electron chi connectivity index (χ4n) is 1.60. The van der Waals surface area contributed by atoms with Gasteiger partial charge in [-0.25, -0.2) is 13.1 Å². The number of aryl methyl sites for hydroxylation is 1. The molecule has 1 rings (SSSR count). The summed E-state index contributed by atoms with van der Waals surface area (Å²) in [6, 6.07) is 1.78. The second-order valence-electron chi connectivity index (χ2n) is 4.78. The maximum Gasteiger partial charge on any atom is 0.241 e. The molecular weight excluding hydrogens is 280 g/mol. The lowest BCUT2D eigenvalue weighted by Gasteiger charge is -2.10. The third-order valence-corrected chi connectivity index (χ3v) is 5.81. The number of hydrogen-bond donors (Lipinski definition) is 2. The minimum absolute atomic E-state index is 0.356. The molecule has 2 N–H and O–H groups in total. The Hall–Kier alpha value is -0.430. The van der Waals surface area contributed by atoms with Crippen LogP contribution < -0.4 is 10.0 Å². The van der Waals surface area contributed by atoms with Crippen LogP contribution in [0.2, 0.25) is 0 Å². The van der Waals surface area contributed by atoms with Crippen molar-refractivity contribution in [3.63, 3.8) is 0 Å². The van der Waals surface area contributed by atoms with Gasteiger partial charge in [-0.15, -0.1) is 11.3 Å². The van der Waals surface area contributed by atoms with E-state index in [1.807, 2.05) is 20.8 Å². The Morgan fingerprint density at radius 2 is 2.05 bits per heavy atom. The average Bonchev–Trinajstić information content (AvgIpc) is 2.75. The van der Waals surface area contributed by atoms with Gasteiger partial charge >= 0.3 is 0 Å². The van der Waals surface area contributed by atoms with Crippen LogP contribution >= 0.6 is 11.3 Å². The van der Waals surface area contributed by atoms with Crippen molar-refractivity contribution in [2.75, 3.05) is 13.1 Å². The van der Waals surface area contributed by atoms with Crippen molar-refractivity contribution >= 4 is 21.4 Å². The molecule has 1 atom stereocenters. The first-order valence-corrected chi connectivity index (χ1v) is 9.00. The molecule has 1 aromatic heterocycles. The lowest BCUT2D eigenvalue weighted by Crippen LogP contribution is -2.28. The molecule has 110 valence electrons. The summed E-state index contributed by atoms with van der Waals surface area (Å²) in [5.74, 6) is 0.356. The Balaban J connectivity index is 2.80. The summed E-state index contributed by atoms with van der Waals surface area (Å²) in [7, 11) is -3.37. The zero-order valence-corrected chi connectivity index (χ0v) is 13.7. The molecule has 0 saturated heterocycles. The summed E-state index contributed by atoms with van der Waals surface area (Å²) in [5, 5.41) is 3.21. The van der Waals surface area contributed by atoms with Crippen molar-refractivity contribution in [2.45, 2.75) is 45.6 Å². The van der Waals surface area contributed by atoms with Gasteiger partial charge in [0.05, 0.1) is 4.90 Å². The summed E-state index contributed by atoms with van der Waals surface area (Å²) in [4.78, 5) is 2.33. The molecule has 19 heavy (non-hydrogen) atoms. The van der Waals surface area contributed by atoms with Gasteiger partial charge in [0.2, 0.25) is 10.0 Å². The van der Waals surface area contributed by atoms with E-state index < -0.39 is 10.0 Å². The highest BCUT2D eigenvalue weighted by molar-refractivity contribution is 7.89. The number of nitrogens with one attached hydrogen (secondary N) is 2. The molecule has 6 heteroatoms. The third-order valence-electron chi connectivity index (χ3n) is 3.08. The predicted molar refractivity (Wildman–Crippen MR) is 81.1 cm³/mol. The van der Waals surface area contributed by atoms with Gasteiger partial charge in [-0.05, 0) is 25.5 Å². The van der Waals surface area contributed by atoms with E-state index in [-0.39, 0.29) is 0 Å². The van der Waals surface area contributed by atoms with E-state index in [0.717, 1.165) is 29.3 Å². The highest BCUT2D eigenvalue weighted by Crippen LogP contribution is 2.25. The van der Waals surface area contributed by atoms with Crippen LogP contribution in [0.4, 0.5) is 0 Å². The third kappa shape index (κ3) is 4.87. The van der Waals surface area contributed by atoms with Gasteiger partial charge in [0.15, 0.2) is 0 Å². The zero-order chi connectivity index (χ0) is 14.5. The molecule has 1 heterocycles. The maximum atomic E-state index is 12.2. The highest BCUT2D eigenvalue weighted by atomic mass is 32.2. The van der Waals surface area contributed by atoms with Crippen LogP contribution in [0.15, 0.2) is 11.0 Å². The van der Waals surface area contributed by atoms with Gasteiger partial charge in [-0.3, -0.25) is 0 Å². The Morgan fingerprint density at radius 1 is 1.37 bits per heavy atom. The zero-order valence-electron chi connectivity index (χ0n) is 12.1. The van der Waals surface area contributed by atoms with Crippen molar-refractivity contribution in [2.24, 2.45) is 5.92 Å². The smallest absolute Gasteiger partial charge is 0.241 e. The van der Waals surface area contributed by atoms with E-state index in [0.29, 0.717) is 17.4 Å². The number of hydrogen-bond acceptors (Lipinski definition) is 4. The van der Waals surface area contributed by atoms with Crippen molar-refractivity contribution < 1.29 is 8.42 Å². The number of rotatable bonds is 8. The van der Waals surface area contributed by atoms with Crippen LogP contribution in [0, 0.1) is 12.8 Å². The minimum atomic E-state index is -3.37. The van der Waals surface area contributed by atoms with Gasteiger partial charge in [0, 0.05) is 22.8 Å². The molecule has 4 nitrogen and oxygen atoms in total. The van der Waals surface area contributed by atoms with Crippen molar-refractivity contribution in [3.8, 4) is 0 Å². The largest absolute Gasteiger partial charge is 0.312 e. The van der Waals surface area contributed by atoms with Gasteiger partial charge in [-0.2, -0.15) is 0 Å². The molecule has 0 spiro atoms. The second kappa shape index (κ2) is 7.38. The second-order valence-corrected chi connectivity index (χ2v) is 7.86. The Labute approximate surface area is 120 Å². The first kappa shape index (κ1) is 16.6. The van der Waals surface area contributed by atoms with Crippen LogP contribution in [0.3, 0.4) is 0 Å². The minimum Gasteiger partial charge on any atom is -0.312 e. The average molecular weight is 304 g/mol. The predicted octanol–water partition coefficient (Wildman–Crippen LogP) is 2.49. The molecule has 0 aliphatic rings. The van der Waals surface area contributed by atoms with Gasteiger partial charge in [-0.1, -0.05) is 27.2 Å². The topological polar surface area (TPSA) is 58.2 Å². The fraction of sp³-hybridized carbons (Fsp3) is 0.692. The van der Waals surface area contributed by atoms with Crippen LogP contribution in [0.25, 0.3) is 0 Å². The Morgan fingerprint density at radius 3 is 2.63 bits per heavy atom. The lowest BCUT2D eigenvalue weighted by molar-refractivity contribution is 0.528. The standard InChI is InChI=1S/C13H24N2O2S2/c1-5-10(3)8-15-19(16,17)13-7-12(9-14-6-2)18-11(13)4/h7,10,14-15H,5-6,8-9H2,1-4H3. The molecule has 1 aromatic rings. The van der Waals surface area contributed by atoms with E-state index in [2.05, 4.69) is 17.0 Å². The summed E-state index contributed by atoms with van der Waals surface area (Å²) >= 11 is 1.54. The molecule has 0 radical (unpaired) electrons. The molecule has 0 aliphatic carbocycles. The van der Waals surface area contributed by atoms with E-state index >= 15 is 0 Å². The fourth-order valence-corrected chi connectivity index (χ4v) is 4.37. The van der Waals surface area contributed by atoms with Crippen LogP contribution in [0.1, 0.15) is 36.9 Å². The van der Waals surface area contributed by atoms with Crippen molar-refractivity contribution in [1.29, 1.82) is 0 Å². The van der Waals surface area contributed by atoms with Crippen LogP contribution in [-0.2, 0) is 16.6 Å². The van der Waals surface area contributed by atoms with Gasteiger partial charge in [0.25, 0.3) is 0 Å². The van der Waals surface area contributed by atoms with Crippen molar-refractivity contribution in [1.82, 2.24) is 10.0 Å².